The first-order chi connectivity index (χ1) is 10.0. The first kappa shape index (κ1) is 20.4. The summed E-state index contributed by atoms with van der Waals surface area (Å²) in [5, 5.41) is 0. The standard InChI is InChI=1S/C17H34O3Si/c1-5-14-17(18)20-15-12-10-8-6-7-9-11-13-16-21(3,4)19-2/h5,14H,6-13,15-16H2,1-4H3. The zero-order valence-corrected chi connectivity index (χ0v) is 15.5. The lowest BCUT2D eigenvalue weighted by Gasteiger charge is -2.19. The van der Waals surface area contributed by atoms with Crippen molar-refractivity contribution in [2.75, 3.05) is 13.7 Å². The van der Waals surface area contributed by atoms with Crippen LogP contribution in [0, 0.1) is 0 Å². The van der Waals surface area contributed by atoms with Gasteiger partial charge in [-0.1, -0.05) is 51.0 Å². The van der Waals surface area contributed by atoms with Gasteiger partial charge in [-0.2, -0.15) is 0 Å². The molecule has 0 amide bonds. The van der Waals surface area contributed by atoms with Gasteiger partial charge in [0.05, 0.1) is 6.61 Å². The summed E-state index contributed by atoms with van der Waals surface area (Å²) >= 11 is 0. The third-order valence-electron chi connectivity index (χ3n) is 3.77. The van der Waals surface area contributed by atoms with Crippen molar-refractivity contribution in [3.8, 4) is 0 Å². The molecule has 0 saturated heterocycles. The number of carbonyl (C=O) groups is 1. The molecule has 3 nitrogen and oxygen atoms in total. The van der Waals surface area contributed by atoms with Crippen molar-refractivity contribution in [3.63, 3.8) is 0 Å². The molecule has 0 radical (unpaired) electrons. The van der Waals surface area contributed by atoms with Crippen LogP contribution in [0.2, 0.25) is 19.1 Å². The van der Waals surface area contributed by atoms with Crippen LogP contribution in [-0.2, 0) is 14.0 Å². The predicted octanol–water partition coefficient (Wildman–Crippen LogP) is 5.08. The van der Waals surface area contributed by atoms with Gasteiger partial charge >= 0.3 is 5.97 Å². The second kappa shape index (κ2) is 13.1. The zero-order chi connectivity index (χ0) is 16.0. The Morgan fingerprint density at radius 2 is 1.48 bits per heavy atom. The molecule has 21 heavy (non-hydrogen) atoms. The van der Waals surface area contributed by atoms with Crippen molar-refractivity contribution in [3.05, 3.63) is 12.2 Å². The van der Waals surface area contributed by atoms with Gasteiger partial charge in [-0.15, -0.1) is 0 Å². The number of allylic oxidation sites excluding steroid dienone is 1. The van der Waals surface area contributed by atoms with Crippen molar-refractivity contribution in [2.45, 2.75) is 77.4 Å². The molecule has 0 heterocycles. The Bertz CT molecular complexity index is 288. The van der Waals surface area contributed by atoms with Gasteiger partial charge in [0.15, 0.2) is 8.32 Å². The van der Waals surface area contributed by atoms with E-state index in [0.29, 0.717) is 6.61 Å². The molecule has 0 N–H and O–H groups in total. The highest BCUT2D eigenvalue weighted by molar-refractivity contribution is 6.71. The molecule has 0 aromatic heterocycles. The van der Waals surface area contributed by atoms with E-state index in [1.807, 2.05) is 14.0 Å². The fraction of sp³-hybridized carbons (Fsp3) is 0.824. The molecule has 0 aliphatic rings. The molecule has 0 aromatic carbocycles. The Balaban J connectivity index is 3.21. The summed E-state index contributed by atoms with van der Waals surface area (Å²) in [5.74, 6) is -0.222. The Morgan fingerprint density at radius 1 is 0.952 bits per heavy atom. The molecule has 0 spiro atoms. The number of rotatable bonds is 13. The Morgan fingerprint density at radius 3 is 2.00 bits per heavy atom. The van der Waals surface area contributed by atoms with E-state index in [4.69, 9.17) is 9.16 Å². The second-order valence-electron chi connectivity index (χ2n) is 6.21. The van der Waals surface area contributed by atoms with E-state index >= 15 is 0 Å². The number of hydrogen-bond acceptors (Lipinski definition) is 3. The Hall–Kier alpha value is -0.613. The minimum Gasteiger partial charge on any atom is -0.463 e. The van der Waals surface area contributed by atoms with E-state index < -0.39 is 8.32 Å². The van der Waals surface area contributed by atoms with Crippen LogP contribution in [0.3, 0.4) is 0 Å². The monoisotopic (exact) mass is 314 g/mol. The highest BCUT2D eigenvalue weighted by atomic mass is 28.4. The molecular weight excluding hydrogens is 280 g/mol. The average Bonchev–Trinajstić information content (AvgIpc) is 2.45. The Kier molecular flexibility index (Phi) is 12.7. The van der Waals surface area contributed by atoms with Crippen LogP contribution < -0.4 is 0 Å². The molecule has 0 rings (SSSR count). The topological polar surface area (TPSA) is 35.5 Å². The number of unbranched alkanes of at least 4 members (excludes halogenated alkanes) is 7. The van der Waals surface area contributed by atoms with E-state index in [1.54, 1.807) is 6.08 Å². The SMILES string of the molecule is CC=CC(=O)OCCCCCCCCCC[Si](C)(C)OC. The lowest BCUT2D eigenvalue weighted by molar-refractivity contribution is -0.137. The van der Waals surface area contributed by atoms with Crippen LogP contribution in [0.4, 0.5) is 0 Å². The van der Waals surface area contributed by atoms with Crippen molar-refractivity contribution in [1.82, 2.24) is 0 Å². The van der Waals surface area contributed by atoms with Gasteiger partial charge in [0.2, 0.25) is 0 Å². The maximum absolute atomic E-state index is 11.1. The molecule has 0 aliphatic heterocycles. The largest absolute Gasteiger partial charge is 0.463 e. The maximum Gasteiger partial charge on any atom is 0.330 e. The van der Waals surface area contributed by atoms with Crippen molar-refractivity contribution >= 4 is 14.3 Å². The van der Waals surface area contributed by atoms with Crippen LogP contribution in [0.25, 0.3) is 0 Å². The van der Waals surface area contributed by atoms with Crippen LogP contribution in [0.1, 0.15) is 58.3 Å². The molecule has 0 unspecified atom stereocenters. The van der Waals surface area contributed by atoms with Crippen LogP contribution in [-0.4, -0.2) is 28.0 Å². The lowest BCUT2D eigenvalue weighted by atomic mass is 10.1. The average molecular weight is 315 g/mol. The van der Waals surface area contributed by atoms with Gasteiger partial charge in [-0.05, 0) is 32.5 Å². The zero-order valence-electron chi connectivity index (χ0n) is 14.5. The predicted molar refractivity (Wildman–Crippen MR) is 92.0 cm³/mol. The first-order valence-corrected chi connectivity index (χ1v) is 11.5. The minimum absolute atomic E-state index is 0.222. The van der Waals surface area contributed by atoms with Crippen LogP contribution >= 0.6 is 0 Å². The molecule has 0 aromatic rings. The molecule has 0 fully saturated rings. The minimum atomic E-state index is -1.33. The molecule has 0 bridgehead atoms. The summed E-state index contributed by atoms with van der Waals surface area (Å²) in [6.45, 7) is 6.95. The number of esters is 1. The summed E-state index contributed by atoms with van der Waals surface area (Å²) < 4.78 is 10.6. The molecule has 124 valence electrons. The summed E-state index contributed by atoms with van der Waals surface area (Å²) in [5.41, 5.74) is 0. The van der Waals surface area contributed by atoms with E-state index in [1.165, 1.54) is 50.6 Å². The third-order valence-corrected chi connectivity index (χ3v) is 6.44. The Labute approximate surface area is 132 Å². The van der Waals surface area contributed by atoms with E-state index in [9.17, 15) is 4.79 Å². The van der Waals surface area contributed by atoms with Gasteiger partial charge < -0.3 is 9.16 Å². The van der Waals surface area contributed by atoms with Crippen molar-refractivity contribution < 1.29 is 14.0 Å². The molecular formula is C17H34O3Si. The second-order valence-corrected chi connectivity index (χ2v) is 10.6. The van der Waals surface area contributed by atoms with Crippen LogP contribution in [0.15, 0.2) is 12.2 Å². The number of carbonyl (C=O) groups excluding carboxylic acids is 1. The maximum atomic E-state index is 11.1. The van der Waals surface area contributed by atoms with Crippen molar-refractivity contribution in [1.29, 1.82) is 0 Å². The summed E-state index contributed by atoms with van der Waals surface area (Å²) in [7, 11) is 0.520. The van der Waals surface area contributed by atoms with Gasteiger partial charge in [0.1, 0.15) is 0 Å². The highest BCUT2D eigenvalue weighted by Gasteiger charge is 2.18. The number of hydrogen-bond donors (Lipinski definition) is 0. The summed E-state index contributed by atoms with van der Waals surface area (Å²) in [6.07, 6.45) is 13.2. The van der Waals surface area contributed by atoms with Gasteiger partial charge in [-0.25, -0.2) is 4.79 Å². The smallest absolute Gasteiger partial charge is 0.330 e. The van der Waals surface area contributed by atoms with Gasteiger partial charge in [0.25, 0.3) is 0 Å². The van der Waals surface area contributed by atoms with E-state index in [2.05, 4.69) is 13.1 Å². The molecule has 0 saturated carbocycles. The number of ether oxygens (including phenoxy) is 1. The third kappa shape index (κ3) is 14.1. The van der Waals surface area contributed by atoms with E-state index in [-0.39, 0.29) is 5.97 Å². The molecule has 0 atom stereocenters. The molecule has 0 aliphatic carbocycles. The highest BCUT2D eigenvalue weighted by Crippen LogP contribution is 2.16. The van der Waals surface area contributed by atoms with E-state index in [0.717, 1.165) is 12.8 Å². The molecule has 4 heteroatoms. The fourth-order valence-electron chi connectivity index (χ4n) is 2.17. The fourth-order valence-corrected chi connectivity index (χ4v) is 3.48. The normalized spacial score (nSPS) is 12.0. The van der Waals surface area contributed by atoms with Gasteiger partial charge in [0, 0.05) is 13.2 Å². The summed E-state index contributed by atoms with van der Waals surface area (Å²) in [4.78, 5) is 11.1. The first-order valence-electron chi connectivity index (χ1n) is 8.36. The summed E-state index contributed by atoms with van der Waals surface area (Å²) in [6, 6.07) is 1.28. The van der Waals surface area contributed by atoms with Crippen LogP contribution in [0.5, 0.6) is 0 Å². The lowest BCUT2D eigenvalue weighted by Crippen LogP contribution is -2.27. The van der Waals surface area contributed by atoms with Gasteiger partial charge in [-0.3, -0.25) is 0 Å². The quantitative estimate of drug-likeness (QED) is 0.206. The van der Waals surface area contributed by atoms with Crippen molar-refractivity contribution in [2.24, 2.45) is 0 Å².